The first-order valence-electron chi connectivity index (χ1n) is 34.8. The summed E-state index contributed by atoms with van der Waals surface area (Å²) in [5.41, 5.74) is 0. The highest BCUT2D eigenvalue weighted by Gasteiger charge is 2.19. The molecule has 0 saturated heterocycles. The van der Waals surface area contributed by atoms with E-state index >= 15 is 0 Å². The average molecular weight is 1080 g/mol. The van der Waals surface area contributed by atoms with Crippen LogP contribution < -0.4 is 0 Å². The molecule has 0 fully saturated rings. The largest absolute Gasteiger partial charge is 0.462 e. The van der Waals surface area contributed by atoms with Crippen LogP contribution in [0.3, 0.4) is 0 Å². The van der Waals surface area contributed by atoms with Crippen LogP contribution >= 0.6 is 0 Å². The summed E-state index contributed by atoms with van der Waals surface area (Å²) in [6.07, 6.45) is 80.5. The van der Waals surface area contributed by atoms with Crippen LogP contribution in [0.4, 0.5) is 0 Å². The molecular weight excluding hydrogens is 949 g/mol. The Balaban J connectivity index is 4.30. The summed E-state index contributed by atoms with van der Waals surface area (Å²) in [7, 11) is 0. The number of unbranched alkanes of at least 4 members (excludes halogenated alkanes) is 50. The quantitative estimate of drug-likeness (QED) is 0.0261. The summed E-state index contributed by atoms with van der Waals surface area (Å²) >= 11 is 0. The highest BCUT2D eigenvalue weighted by atomic mass is 16.6. The van der Waals surface area contributed by atoms with Crippen LogP contribution in [0.15, 0.2) is 24.3 Å². The van der Waals surface area contributed by atoms with Crippen LogP contribution in [0.5, 0.6) is 0 Å². The van der Waals surface area contributed by atoms with Crippen molar-refractivity contribution in [3.63, 3.8) is 0 Å². The van der Waals surface area contributed by atoms with E-state index < -0.39 is 6.10 Å². The summed E-state index contributed by atoms with van der Waals surface area (Å²) in [5, 5.41) is 0. The van der Waals surface area contributed by atoms with E-state index in [2.05, 4.69) is 45.1 Å². The zero-order valence-electron chi connectivity index (χ0n) is 52.3. The summed E-state index contributed by atoms with van der Waals surface area (Å²) in [6, 6.07) is 0. The Labute approximate surface area is 481 Å². The molecule has 0 rings (SSSR count). The molecule has 0 aromatic rings. The first-order valence-corrected chi connectivity index (χ1v) is 34.8. The lowest BCUT2D eigenvalue weighted by Crippen LogP contribution is -2.30. The molecule has 0 aliphatic carbocycles. The number of hydrogen-bond donors (Lipinski definition) is 0. The standard InChI is InChI=1S/C71H134O6/c1-4-7-10-13-16-19-22-25-28-31-34-35-36-38-40-43-46-49-52-55-58-61-64-70(73)76-67-68(66-75-69(72)63-60-57-54-51-48-45-42-39-33-30-27-24-21-18-15-12-9-6-3)77-71(74)65-62-59-56-53-50-47-44-41-37-32-29-26-23-20-17-14-11-8-5-2/h26,29-30,33,68H,4-25,27-28,31-32,34-67H2,1-3H3/b29-26-,33-30-. The molecule has 454 valence electrons. The maximum absolute atomic E-state index is 12.9. The Hall–Kier alpha value is -2.11. The predicted octanol–water partition coefficient (Wildman–Crippen LogP) is 23.8. The van der Waals surface area contributed by atoms with Crippen LogP contribution in [0, 0.1) is 0 Å². The Morgan fingerprint density at radius 1 is 0.247 bits per heavy atom. The minimum absolute atomic E-state index is 0.0678. The number of carbonyl (C=O) groups excluding carboxylic acids is 3. The van der Waals surface area contributed by atoms with Gasteiger partial charge in [-0.05, 0) is 70.6 Å². The van der Waals surface area contributed by atoms with Gasteiger partial charge in [0.05, 0.1) is 0 Å². The third-order valence-corrected chi connectivity index (χ3v) is 15.9. The summed E-state index contributed by atoms with van der Waals surface area (Å²) in [4.78, 5) is 38.4. The second-order valence-electron chi connectivity index (χ2n) is 23.8. The molecule has 0 bridgehead atoms. The zero-order valence-corrected chi connectivity index (χ0v) is 52.3. The van der Waals surface area contributed by atoms with Gasteiger partial charge in [0.1, 0.15) is 13.2 Å². The van der Waals surface area contributed by atoms with Crippen molar-refractivity contribution in [3.8, 4) is 0 Å². The SMILES string of the molecule is CCCCCCCC/C=C\CCCCCCCCCCCC(=O)OC(COC(=O)CCCCCCCCC/C=C\CCCCCCCCC)COC(=O)CCCCCCCCCCCCCCCCCCCCCCCC. The predicted molar refractivity (Wildman–Crippen MR) is 335 cm³/mol. The lowest BCUT2D eigenvalue weighted by molar-refractivity contribution is -0.167. The molecule has 0 N–H and O–H groups in total. The maximum Gasteiger partial charge on any atom is 0.306 e. The second kappa shape index (κ2) is 66.4. The monoisotopic (exact) mass is 1080 g/mol. The van der Waals surface area contributed by atoms with E-state index in [4.69, 9.17) is 14.2 Å². The van der Waals surface area contributed by atoms with Crippen LogP contribution in [-0.4, -0.2) is 37.2 Å². The lowest BCUT2D eigenvalue weighted by atomic mass is 10.0. The molecule has 6 nitrogen and oxygen atoms in total. The number of carbonyl (C=O) groups is 3. The molecule has 0 heterocycles. The summed E-state index contributed by atoms with van der Waals surface area (Å²) in [6.45, 7) is 6.71. The van der Waals surface area contributed by atoms with E-state index in [0.717, 1.165) is 57.8 Å². The number of hydrogen-bond acceptors (Lipinski definition) is 6. The number of rotatable bonds is 65. The van der Waals surface area contributed by atoms with Crippen molar-refractivity contribution in [1.29, 1.82) is 0 Å². The van der Waals surface area contributed by atoms with Gasteiger partial charge >= 0.3 is 17.9 Å². The van der Waals surface area contributed by atoms with E-state index in [1.54, 1.807) is 0 Å². The van der Waals surface area contributed by atoms with Crippen molar-refractivity contribution in [2.24, 2.45) is 0 Å². The Morgan fingerprint density at radius 2 is 0.429 bits per heavy atom. The minimum Gasteiger partial charge on any atom is -0.462 e. The molecule has 0 aromatic heterocycles. The fourth-order valence-corrected chi connectivity index (χ4v) is 10.7. The Kier molecular flexibility index (Phi) is 64.6. The summed E-state index contributed by atoms with van der Waals surface area (Å²) in [5.74, 6) is -0.843. The molecule has 0 aliphatic heterocycles. The molecule has 6 heteroatoms. The molecule has 0 spiro atoms. The van der Waals surface area contributed by atoms with Crippen molar-refractivity contribution in [2.45, 2.75) is 399 Å². The van der Waals surface area contributed by atoms with Gasteiger partial charge in [-0.3, -0.25) is 14.4 Å². The number of allylic oxidation sites excluding steroid dienone is 4. The van der Waals surface area contributed by atoms with Gasteiger partial charge in [-0.2, -0.15) is 0 Å². The van der Waals surface area contributed by atoms with E-state index in [1.165, 1.54) is 295 Å². The van der Waals surface area contributed by atoms with Gasteiger partial charge in [-0.1, -0.05) is 328 Å². The molecule has 77 heavy (non-hydrogen) atoms. The zero-order chi connectivity index (χ0) is 55.7. The van der Waals surface area contributed by atoms with Gasteiger partial charge in [0.2, 0.25) is 0 Å². The van der Waals surface area contributed by atoms with Crippen LogP contribution in [0.1, 0.15) is 393 Å². The van der Waals surface area contributed by atoms with E-state index in [9.17, 15) is 14.4 Å². The molecule has 0 amide bonds. The van der Waals surface area contributed by atoms with E-state index in [-0.39, 0.29) is 31.1 Å². The van der Waals surface area contributed by atoms with Crippen LogP contribution in [0.2, 0.25) is 0 Å². The lowest BCUT2D eigenvalue weighted by Gasteiger charge is -2.18. The molecule has 1 unspecified atom stereocenters. The molecule has 0 aromatic carbocycles. The smallest absolute Gasteiger partial charge is 0.306 e. The molecular formula is C71H134O6. The van der Waals surface area contributed by atoms with E-state index in [0.29, 0.717) is 19.3 Å². The Morgan fingerprint density at radius 3 is 0.649 bits per heavy atom. The van der Waals surface area contributed by atoms with E-state index in [1.807, 2.05) is 0 Å². The first kappa shape index (κ1) is 74.9. The van der Waals surface area contributed by atoms with Gasteiger partial charge in [-0.25, -0.2) is 0 Å². The van der Waals surface area contributed by atoms with Crippen molar-refractivity contribution >= 4 is 17.9 Å². The molecule has 0 aliphatic rings. The summed E-state index contributed by atoms with van der Waals surface area (Å²) < 4.78 is 17.0. The number of ether oxygens (including phenoxy) is 3. The van der Waals surface area contributed by atoms with Gasteiger partial charge in [0.15, 0.2) is 6.10 Å². The maximum atomic E-state index is 12.9. The van der Waals surface area contributed by atoms with Crippen molar-refractivity contribution in [2.75, 3.05) is 13.2 Å². The van der Waals surface area contributed by atoms with Crippen LogP contribution in [-0.2, 0) is 28.6 Å². The highest BCUT2D eigenvalue weighted by Crippen LogP contribution is 2.18. The topological polar surface area (TPSA) is 78.9 Å². The third-order valence-electron chi connectivity index (χ3n) is 15.9. The van der Waals surface area contributed by atoms with Gasteiger partial charge in [-0.15, -0.1) is 0 Å². The van der Waals surface area contributed by atoms with Crippen molar-refractivity contribution < 1.29 is 28.6 Å². The van der Waals surface area contributed by atoms with Gasteiger partial charge in [0, 0.05) is 19.3 Å². The minimum atomic E-state index is -0.772. The fraction of sp³-hybridized carbons (Fsp3) is 0.901. The Bertz CT molecular complexity index is 1240. The second-order valence-corrected chi connectivity index (χ2v) is 23.8. The molecule has 0 radical (unpaired) electrons. The van der Waals surface area contributed by atoms with Crippen LogP contribution in [0.25, 0.3) is 0 Å². The normalized spacial score (nSPS) is 12.1. The van der Waals surface area contributed by atoms with Crippen molar-refractivity contribution in [1.82, 2.24) is 0 Å². The highest BCUT2D eigenvalue weighted by molar-refractivity contribution is 5.71. The molecule has 0 saturated carbocycles. The third kappa shape index (κ3) is 64.6. The molecule has 1 atom stereocenters. The van der Waals surface area contributed by atoms with Gasteiger partial charge in [0.25, 0.3) is 0 Å². The fourth-order valence-electron chi connectivity index (χ4n) is 10.7. The van der Waals surface area contributed by atoms with Crippen molar-refractivity contribution in [3.05, 3.63) is 24.3 Å². The van der Waals surface area contributed by atoms with Gasteiger partial charge < -0.3 is 14.2 Å². The number of esters is 3. The first-order chi connectivity index (χ1) is 38.0. The average Bonchev–Trinajstić information content (AvgIpc) is 3.43.